The Bertz CT molecular complexity index is 901. The zero-order valence-corrected chi connectivity index (χ0v) is 19.4. The molecule has 2 aromatic rings. The lowest BCUT2D eigenvalue weighted by molar-refractivity contribution is -0.137. The van der Waals surface area contributed by atoms with Crippen LogP contribution in [0.1, 0.15) is 5.56 Å². The van der Waals surface area contributed by atoms with E-state index in [4.69, 9.17) is 4.74 Å². The maximum absolute atomic E-state index is 12.6. The largest absolute Gasteiger partial charge is 0.492 e. The molecule has 8 nitrogen and oxygen atoms in total. The third kappa shape index (κ3) is 6.48. The minimum atomic E-state index is -4.37. The van der Waals surface area contributed by atoms with Crippen molar-refractivity contribution in [3.05, 3.63) is 42.2 Å². The van der Waals surface area contributed by atoms with Crippen LogP contribution >= 0.6 is 24.0 Å². The number of hydrogen-bond acceptors (Lipinski definition) is 4. The summed E-state index contributed by atoms with van der Waals surface area (Å²) in [4.78, 5) is 20.2. The van der Waals surface area contributed by atoms with Gasteiger partial charge >= 0.3 is 6.18 Å². The number of hydrogen-bond donors (Lipinski definition) is 1. The predicted octanol–water partition coefficient (Wildman–Crippen LogP) is 2.36. The number of benzene rings is 1. The van der Waals surface area contributed by atoms with Crippen LogP contribution < -0.4 is 15.0 Å². The molecule has 0 saturated carbocycles. The summed E-state index contributed by atoms with van der Waals surface area (Å²) in [5.74, 6) is 0.850. The first kappa shape index (κ1) is 24.8. The van der Waals surface area contributed by atoms with Gasteiger partial charge in [0, 0.05) is 33.4 Å². The number of aryl methyl sites for hydroxylation is 1. The van der Waals surface area contributed by atoms with Crippen LogP contribution in [-0.2, 0) is 18.0 Å². The van der Waals surface area contributed by atoms with Gasteiger partial charge in [0.05, 0.1) is 24.0 Å². The van der Waals surface area contributed by atoms with E-state index in [9.17, 15) is 18.0 Å². The number of ether oxygens (including phenoxy) is 1. The Balaban J connectivity index is 0.00000341. The molecule has 1 aliphatic heterocycles. The van der Waals surface area contributed by atoms with E-state index in [-0.39, 0.29) is 43.0 Å². The molecule has 1 fully saturated rings. The summed E-state index contributed by atoms with van der Waals surface area (Å²) in [6, 6.07) is 4.53. The average molecular weight is 552 g/mol. The van der Waals surface area contributed by atoms with Crippen molar-refractivity contribution >= 4 is 41.5 Å². The molecule has 0 unspecified atom stereocenters. The van der Waals surface area contributed by atoms with Crippen molar-refractivity contribution in [3.63, 3.8) is 0 Å². The molecule has 3 rings (SSSR count). The number of halogens is 4. The lowest BCUT2D eigenvalue weighted by Gasteiger charge is -2.35. The minimum absolute atomic E-state index is 0. The van der Waals surface area contributed by atoms with Crippen LogP contribution in [-0.4, -0.2) is 66.4 Å². The SMILES string of the molecule is CN=C(NCCOc1ccc(C(F)(F)F)cc1)N1CCN(c2cnn(C)c2)C(=O)C1.I. The molecule has 1 aromatic heterocycles. The van der Waals surface area contributed by atoms with Crippen LogP contribution in [0, 0.1) is 0 Å². The van der Waals surface area contributed by atoms with Gasteiger partial charge in [-0.25, -0.2) is 0 Å². The average Bonchev–Trinajstić information content (AvgIpc) is 3.13. The van der Waals surface area contributed by atoms with Crippen LogP contribution in [0.4, 0.5) is 18.9 Å². The van der Waals surface area contributed by atoms with Gasteiger partial charge in [-0.15, -0.1) is 24.0 Å². The minimum Gasteiger partial charge on any atom is -0.492 e. The molecule has 0 bridgehead atoms. The summed E-state index contributed by atoms with van der Waals surface area (Å²) < 4.78 is 44.9. The summed E-state index contributed by atoms with van der Waals surface area (Å²) in [5, 5.41) is 7.20. The van der Waals surface area contributed by atoms with Crippen molar-refractivity contribution in [1.29, 1.82) is 0 Å². The number of nitrogens with one attached hydrogen (secondary N) is 1. The molecule has 1 amide bonds. The van der Waals surface area contributed by atoms with E-state index in [0.29, 0.717) is 31.3 Å². The second kappa shape index (κ2) is 10.7. The molecule has 1 aliphatic rings. The van der Waals surface area contributed by atoms with Gasteiger partial charge in [-0.2, -0.15) is 18.3 Å². The van der Waals surface area contributed by atoms with E-state index < -0.39 is 11.7 Å². The standard InChI is InChI=1S/C19H23F3N6O2.HI/c1-23-18(24-7-10-30-16-5-3-14(4-6-16)19(20,21)22)27-8-9-28(17(29)13-27)15-11-25-26(2)12-15;/h3-6,11-12H,7-10,13H2,1-2H3,(H,23,24);1H. The number of carbonyl (C=O) groups is 1. The molecular formula is C19H24F3IN6O2. The fraction of sp³-hybridized carbons (Fsp3) is 0.421. The Morgan fingerprint density at radius 1 is 1.26 bits per heavy atom. The van der Waals surface area contributed by atoms with Gasteiger partial charge in [0.1, 0.15) is 18.9 Å². The number of nitrogens with zero attached hydrogens (tertiary/aromatic N) is 5. The molecule has 0 aliphatic carbocycles. The van der Waals surface area contributed by atoms with Crippen molar-refractivity contribution in [2.45, 2.75) is 6.18 Å². The number of aromatic nitrogens is 2. The first-order valence-corrected chi connectivity index (χ1v) is 9.32. The van der Waals surface area contributed by atoms with Crippen molar-refractivity contribution in [1.82, 2.24) is 20.0 Å². The molecule has 1 aromatic carbocycles. The number of guanidine groups is 1. The van der Waals surface area contributed by atoms with Gasteiger partial charge in [-0.1, -0.05) is 0 Å². The third-order valence-electron chi connectivity index (χ3n) is 4.57. The van der Waals surface area contributed by atoms with Gasteiger partial charge in [0.2, 0.25) is 5.91 Å². The fourth-order valence-corrected chi connectivity index (χ4v) is 3.08. The maximum atomic E-state index is 12.6. The second-order valence-corrected chi connectivity index (χ2v) is 6.68. The van der Waals surface area contributed by atoms with Crippen molar-refractivity contribution in [3.8, 4) is 5.75 Å². The van der Waals surface area contributed by atoms with Crippen LogP contribution in [0.15, 0.2) is 41.7 Å². The van der Waals surface area contributed by atoms with Gasteiger partial charge in [0.15, 0.2) is 5.96 Å². The number of piperazine rings is 1. The molecular weight excluding hydrogens is 528 g/mol. The van der Waals surface area contributed by atoms with E-state index in [1.54, 1.807) is 36.1 Å². The number of rotatable bonds is 5. The first-order valence-electron chi connectivity index (χ1n) is 9.32. The van der Waals surface area contributed by atoms with E-state index in [1.165, 1.54) is 12.1 Å². The van der Waals surface area contributed by atoms with Gasteiger partial charge in [-0.05, 0) is 24.3 Å². The number of aliphatic imine (C=N–C) groups is 1. The molecule has 2 heterocycles. The summed E-state index contributed by atoms with van der Waals surface area (Å²) in [5.41, 5.74) is 0.0403. The Morgan fingerprint density at radius 3 is 2.52 bits per heavy atom. The molecule has 1 N–H and O–H groups in total. The van der Waals surface area contributed by atoms with Crippen LogP contribution in [0.2, 0.25) is 0 Å². The molecule has 0 spiro atoms. The predicted molar refractivity (Wildman–Crippen MR) is 121 cm³/mol. The van der Waals surface area contributed by atoms with E-state index in [2.05, 4.69) is 15.4 Å². The highest BCUT2D eigenvalue weighted by Gasteiger charge is 2.30. The fourth-order valence-electron chi connectivity index (χ4n) is 3.08. The summed E-state index contributed by atoms with van der Waals surface area (Å²) in [6.45, 7) is 1.89. The first-order chi connectivity index (χ1) is 14.3. The van der Waals surface area contributed by atoms with Gasteiger partial charge in [-0.3, -0.25) is 14.5 Å². The van der Waals surface area contributed by atoms with Gasteiger partial charge in [0.25, 0.3) is 0 Å². The topological polar surface area (TPSA) is 75.0 Å². The highest BCUT2D eigenvalue weighted by Crippen LogP contribution is 2.30. The molecule has 0 atom stereocenters. The zero-order chi connectivity index (χ0) is 21.7. The summed E-state index contributed by atoms with van der Waals surface area (Å²) in [6.07, 6.45) is -0.927. The molecule has 12 heteroatoms. The second-order valence-electron chi connectivity index (χ2n) is 6.68. The normalized spacial score (nSPS) is 15.0. The summed E-state index contributed by atoms with van der Waals surface area (Å²) in [7, 11) is 3.42. The smallest absolute Gasteiger partial charge is 0.416 e. The molecule has 31 heavy (non-hydrogen) atoms. The summed E-state index contributed by atoms with van der Waals surface area (Å²) >= 11 is 0. The van der Waals surface area contributed by atoms with Crippen molar-refractivity contribution in [2.24, 2.45) is 12.0 Å². The van der Waals surface area contributed by atoms with Crippen molar-refractivity contribution < 1.29 is 22.7 Å². The zero-order valence-electron chi connectivity index (χ0n) is 17.1. The number of anilines is 1. The monoisotopic (exact) mass is 552 g/mol. The Hall–Kier alpha value is -2.51. The molecule has 170 valence electrons. The number of carbonyl (C=O) groups excluding carboxylic acids is 1. The van der Waals surface area contributed by atoms with Crippen LogP contribution in [0.3, 0.4) is 0 Å². The molecule has 0 radical (unpaired) electrons. The molecule has 1 saturated heterocycles. The van der Waals surface area contributed by atoms with E-state index >= 15 is 0 Å². The Morgan fingerprint density at radius 2 is 1.97 bits per heavy atom. The Kier molecular flexibility index (Phi) is 8.53. The number of amides is 1. The van der Waals surface area contributed by atoms with Gasteiger partial charge < -0.3 is 19.9 Å². The Labute approximate surface area is 195 Å². The van der Waals surface area contributed by atoms with Crippen LogP contribution in [0.25, 0.3) is 0 Å². The quantitative estimate of drug-likeness (QED) is 0.267. The number of alkyl halides is 3. The van der Waals surface area contributed by atoms with Crippen LogP contribution in [0.5, 0.6) is 5.75 Å². The van der Waals surface area contributed by atoms with E-state index in [1.807, 2.05) is 4.90 Å². The van der Waals surface area contributed by atoms with Crippen molar-refractivity contribution in [2.75, 3.05) is 44.7 Å². The lowest BCUT2D eigenvalue weighted by Crippen LogP contribution is -2.55. The third-order valence-corrected chi connectivity index (χ3v) is 4.57. The lowest BCUT2D eigenvalue weighted by atomic mass is 10.2. The van der Waals surface area contributed by atoms with E-state index in [0.717, 1.165) is 17.8 Å². The highest BCUT2D eigenvalue weighted by atomic mass is 127. The maximum Gasteiger partial charge on any atom is 0.416 e. The highest BCUT2D eigenvalue weighted by molar-refractivity contribution is 14.0.